The molecule has 2 atom stereocenters. The van der Waals surface area contributed by atoms with Crippen LogP contribution in [0.5, 0.6) is 0 Å². The molecule has 1 aliphatic carbocycles. The second kappa shape index (κ2) is 4.16. The average molecular weight is 310 g/mol. The highest BCUT2D eigenvalue weighted by Crippen LogP contribution is 2.47. The molecule has 2 aromatic rings. The second-order valence-electron chi connectivity index (χ2n) is 5.07. The summed E-state index contributed by atoms with van der Waals surface area (Å²) in [5, 5.41) is 4.37. The Morgan fingerprint density at radius 2 is 2.28 bits per heavy atom. The van der Waals surface area contributed by atoms with Crippen LogP contribution in [0.3, 0.4) is 0 Å². The van der Waals surface area contributed by atoms with Gasteiger partial charge < -0.3 is 10.2 Å². The zero-order valence-electron chi connectivity index (χ0n) is 10.5. The Kier molecular flexibility index (Phi) is 2.73. The Bertz CT molecular complexity index is 587. The molecule has 96 valence electrons. The summed E-state index contributed by atoms with van der Waals surface area (Å²) in [5.41, 5.74) is 6.86. The molecule has 1 aliphatic rings. The highest BCUT2D eigenvalue weighted by molar-refractivity contribution is 9.10. The fraction of sp³-hybridized carbons (Fsp3) is 0.462. The van der Waals surface area contributed by atoms with E-state index >= 15 is 0 Å². The van der Waals surface area contributed by atoms with E-state index in [1.54, 1.807) is 4.68 Å². The standard InChI is InChI=1S/C13H16BrN3O/c1-7-5-10(7)11-4-3-9(18-11)6-17-13(15)12(14)8(2)16-17/h3-4,7,10H,5-6,15H2,1-2H3. The van der Waals surface area contributed by atoms with Crippen molar-refractivity contribution in [2.75, 3.05) is 5.73 Å². The van der Waals surface area contributed by atoms with Crippen LogP contribution in [0.25, 0.3) is 0 Å². The Labute approximate surface area is 114 Å². The number of nitrogens with zero attached hydrogens (tertiary/aromatic N) is 2. The van der Waals surface area contributed by atoms with Gasteiger partial charge in [0.05, 0.1) is 10.2 Å². The minimum atomic E-state index is 0.583. The minimum Gasteiger partial charge on any atom is -0.464 e. The number of hydrogen-bond acceptors (Lipinski definition) is 3. The van der Waals surface area contributed by atoms with E-state index in [0.29, 0.717) is 18.3 Å². The molecule has 18 heavy (non-hydrogen) atoms. The first-order valence-electron chi connectivity index (χ1n) is 6.13. The summed E-state index contributed by atoms with van der Waals surface area (Å²) in [6, 6.07) is 4.09. The van der Waals surface area contributed by atoms with E-state index in [1.165, 1.54) is 6.42 Å². The van der Waals surface area contributed by atoms with Crippen molar-refractivity contribution in [3.63, 3.8) is 0 Å². The van der Waals surface area contributed by atoms with Gasteiger partial charge in [-0.1, -0.05) is 6.92 Å². The molecule has 0 spiro atoms. The number of aromatic nitrogens is 2. The van der Waals surface area contributed by atoms with Gasteiger partial charge in [0.25, 0.3) is 0 Å². The van der Waals surface area contributed by atoms with Gasteiger partial charge in [-0.05, 0) is 47.3 Å². The molecule has 2 heterocycles. The summed E-state index contributed by atoms with van der Waals surface area (Å²) >= 11 is 3.42. The van der Waals surface area contributed by atoms with Crippen LogP contribution in [-0.4, -0.2) is 9.78 Å². The second-order valence-corrected chi connectivity index (χ2v) is 5.86. The Hall–Kier alpha value is -1.23. The predicted molar refractivity (Wildman–Crippen MR) is 73.4 cm³/mol. The largest absolute Gasteiger partial charge is 0.464 e. The number of rotatable bonds is 3. The molecule has 0 aliphatic heterocycles. The van der Waals surface area contributed by atoms with Crippen molar-refractivity contribution in [1.29, 1.82) is 0 Å². The molecule has 5 heteroatoms. The molecule has 3 rings (SSSR count). The Morgan fingerprint density at radius 3 is 2.83 bits per heavy atom. The molecule has 1 saturated carbocycles. The van der Waals surface area contributed by atoms with Crippen molar-refractivity contribution in [3.05, 3.63) is 33.8 Å². The van der Waals surface area contributed by atoms with E-state index in [9.17, 15) is 0 Å². The Balaban J connectivity index is 1.79. The first-order valence-corrected chi connectivity index (χ1v) is 6.92. The molecule has 0 saturated heterocycles. The molecule has 2 aromatic heterocycles. The van der Waals surface area contributed by atoms with Gasteiger partial charge in [0.1, 0.15) is 23.9 Å². The van der Waals surface area contributed by atoms with E-state index in [2.05, 4.69) is 34.0 Å². The number of anilines is 1. The monoisotopic (exact) mass is 309 g/mol. The number of furan rings is 1. The van der Waals surface area contributed by atoms with E-state index in [4.69, 9.17) is 10.2 Å². The average Bonchev–Trinajstić information content (AvgIpc) is 2.81. The number of hydrogen-bond donors (Lipinski definition) is 1. The maximum Gasteiger partial charge on any atom is 0.136 e. The molecule has 0 amide bonds. The number of nitrogens with two attached hydrogens (primary N) is 1. The minimum absolute atomic E-state index is 0.583. The van der Waals surface area contributed by atoms with Crippen LogP contribution in [0, 0.1) is 12.8 Å². The van der Waals surface area contributed by atoms with E-state index in [1.807, 2.05) is 13.0 Å². The first-order chi connectivity index (χ1) is 8.56. The normalized spacial score (nSPS) is 22.4. The molecular formula is C13H16BrN3O. The third kappa shape index (κ3) is 1.96. The van der Waals surface area contributed by atoms with E-state index in [-0.39, 0.29) is 0 Å². The topological polar surface area (TPSA) is 57.0 Å². The fourth-order valence-electron chi connectivity index (χ4n) is 2.24. The maximum absolute atomic E-state index is 5.96. The van der Waals surface area contributed by atoms with E-state index in [0.717, 1.165) is 27.6 Å². The molecule has 4 nitrogen and oxygen atoms in total. The third-order valence-electron chi connectivity index (χ3n) is 3.55. The van der Waals surface area contributed by atoms with Gasteiger partial charge in [-0.25, -0.2) is 4.68 Å². The molecule has 0 radical (unpaired) electrons. The summed E-state index contributed by atoms with van der Waals surface area (Å²) in [4.78, 5) is 0. The van der Waals surface area contributed by atoms with Crippen molar-refractivity contribution in [2.24, 2.45) is 5.92 Å². The zero-order chi connectivity index (χ0) is 12.9. The van der Waals surface area contributed by atoms with Crippen LogP contribution in [0.2, 0.25) is 0 Å². The summed E-state index contributed by atoms with van der Waals surface area (Å²) in [5.74, 6) is 4.02. The highest BCUT2D eigenvalue weighted by atomic mass is 79.9. The van der Waals surface area contributed by atoms with Crippen LogP contribution in [0.1, 0.15) is 36.5 Å². The van der Waals surface area contributed by atoms with Crippen molar-refractivity contribution in [3.8, 4) is 0 Å². The molecule has 0 aromatic carbocycles. The lowest BCUT2D eigenvalue weighted by Gasteiger charge is -2.01. The summed E-state index contributed by atoms with van der Waals surface area (Å²) in [7, 11) is 0. The number of halogens is 1. The number of nitrogen functional groups attached to an aromatic ring is 1. The highest BCUT2D eigenvalue weighted by Gasteiger charge is 2.36. The molecular weight excluding hydrogens is 294 g/mol. The van der Waals surface area contributed by atoms with Gasteiger partial charge in [-0.3, -0.25) is 0 Å². The van der Waals surface area contributed by atoms with Crippen LogP contribution in [0.15, 0.2) is 21.0 Å². The first kappa shape index (κ1) is 11.8. The third-order valence-corrected chi connectivity index (χ3v) is 4.53. The van der Waals surface area contributed by atoms with Gasteiger partial charge >= 0.3 is 0 Å². The SMILES string of the molecule is Cc1nn(Cc2ccc(C3CC3C)o2)c(N)c1Br. The van der Waals surface area contributed by atoms with Crippen LogP contribution >= 0.6 is 15.9 Å². The Morgan fingerprint density at radius 1 is 1.56 bits per heavy atom. The predicted octanol–water partition coefficient (Wildman–Crippen LogP) is 3.30. The van der Waals surface area contributed by atoms with Crippen molar-refractivity contribution >= 4 is 21.7 Å². The van der Waals surface area contributed by atoms with E-state index < -0.39 is 0 Å². The number of aryl methyl sites for hydroxylation is 1. The summed E-state index contributed by atoms with van der Waals surface area (Å²) < 4.78 is 8.48. The summed E-state index contributed by atoms with van der Waals surface area (Å²) in [6.07, 6.45) is 1.24. The summed E-state index contributed by atoms with van der Waals surface area (Å²) in [6.45, 7) is 4.76. The molecule has 2 unspecified atom stereocenters. The maximum atomic E-state index is 5.96. The van der Waals surface area contributed by atoms with Crippen molar-refractivity contribution in [2.45, 2.75) is 32.7 Å². The lowest BCUT2D eigenvalue weighted by molar-refractivity contribution is 0.443. The lowest BCUT2D eigenvalue weighted by atomic mass is 10.3. The van der Waals surface area contributed by atoms with Gasteiger partial charge in [-0.2, -0.15) is 5.10 Å². The van der Waals surface area contributed by atoms with Crippen LogP contribution in [0.4, 0.5) is 5.82 Å². The molecule has 2 N–H and O–H groups in total. The zero-order valence-corrected chi connectivity index (χ0v) is 12.1. The van der Waals surface area contributed by atoms with Gasteiger partial charge in [0.2, 0.25) is 0 Å². The van der Waals surface area contributed by atoms with Crippen molar-refractivity contribution in [1.82, 2.24) is 9.78 Å². The van der Waals surface area contributed by atoms with Gasteiger partial charge in [-0.15, -0.1) is 0 Å². The smallest absolute Gasteiger partial charge is 0.136 e. The van der Waals surface area contributed by atoms with Crippen molar-refractivity contribution < 1.29 is 4.42 Å². The fourth-order valence-corrected chi connectivity index (χ4v) is 2.53. The van der Waals surface area contributed by atoms with Crippen LogP contribution < -0.4 is 5.73 Å². The van der Waals surface area contributed by atoms with Gasteiger partial charge in [0, 0.05) is 5.92 Å². The molecule has 1 fully saturated rings. The molecule has 0 bridgehead atoms. The van der Waals surface area contributed by atoms with Gasteiger partial charge in [0.15, 0.2) is 0 Å². The quantitative estimate of drug-likeness (QED) is 0.946. The van der Waals surface area contributed by atoms with Crippen LogP contribution in [-0.2, 0) is 6.54 Å². The lowest BCUT2D eigenvalue weighted by Crippen LogP contribution is -2.05.